The van der Waals surface area contributed by atoms with Crippen molar-refractivity contribution in [3.05, 3.63) is 46.5 Å². The van der Waals surface area contributed by atoms with Crippen molar-refractivity contribution in [2.45, 2.75) is 141 Å². The van der Waals surface area contributed by atoms with E-state index in [1.807, 2.05) is 12.1 Å². The van der Waals surface area contributed by atoms with Gasteiger partial charge in [-0.25, -0.2) is 9.59 Å². The van der Waals surface area contributed by atoms with E-state index in [9.17, 15) is 9.59 Å². The van der Waals surface area contributed by atoms with Gasteiger partial charge in [0.25, 0.3) is 0 Å². The van der Waals surface area contributed by atoms with Crippen molar-refractivity contribution in [3.8, 4) is 22.6 Å². The summed E-state index contributed by atoms with van der Waals surface area (Å²) in [7, 11) is 0. The molecule has 0 aromatic heterocycles. The van der Waals surface area contributed by atoms with Crippen LogP contribution >= 0.6 is 0 Å². The van der Waals surface area contributed by atoms with E-state index < -0.39 is 0 Å². The van der Waals surface area contributed by atoms with Crippen LogP contribution in [0.15, 0.2) is 24.3 Å². The lowest BCUT2D eigenvalue weighted by atomic mass is 9.80. The van der Waals surface area contributed by atoms with Gasteiger partial charge in [-0.1, -0.05) is 26.0 Å². The predicted molar refractivity (Wildman–Crippen MR) is 210 cm³/mol. The Morgan fingerprint density at radius 2 is 0.911 bits per heavy atom. The number of hydrogen-bond donors (Lipinski definition) is 0. The number of ether oxygens (including phenoxy) is 8. The van der Waals surface area contributed by atoms with Crippen molar-refractivity contribution >= 4 is 11.9 Å². The Morgan fingerprint density at radius 3 is 1.30 bits per heavy atom. The molecule has 56 heavy (non-hydrogen) atoms. The second-order valence-corrected chi connectivity index (χ2v) is 17.5. The number of rotatable bonds is 11. The number of carbonyl (C=O) groups excluding carboxylic acids is 2. The monoisotopic (exact) mass is 774 g/mol. The van der Waals surface area contributed by atoms with Crippen LogP contribution in [0.1, 0.15) is 113 Å². The van der Waals surface area contributed by atoms with Crippen LogP contribution in [0.4, 0.5) is 0 Å². The van der Waals surface area contributed by atoms with Gasteiger partial charge in [0, 0.05) is 34.8 Å². The van der Waals surface area contributed by atoms with Crippen LogP contribution in [0.3, 0.4) is 0 Å². The van der Waals surface area contributed by atoms with Gasteiger partial charge in [-0.2, -0.15) is 0 Å². The summed E-state index contributed by atoms with van der Waals surface area (Å²) in [5.74, 6) is 2.15. The van der Waals surface area contributed by atoms with Gasteiger partial charge in [0.15, 0.2) is 25.8 Å². The van der Waals surface area contributed by atoms with Gasteiger partial charge in [0.2, 0.25) is 0 Å². The summed E-state index contributed by atoms with van der Waals surface area (Å²) < 4.78 is 48.6. The zero-order chi connectivity index (χ0) is 38.4. The molecule has 0 spiro atoms. The van der Waals surface area contributed by atoms with Gasteiger partial charge in [0.1, 0.15) is 23.7 Å². The van der Waals surface area contributed by atoms with Gasteiger partial charge in [-0.3, -0.25) is 0 Å². The molecule has 2 aromatic carbocycles. The Balaban J connectivity index is 0.931. The number of benzene rings is 2. The van der Waals surface area contributed by atoms with E-state index in [4.69, 9.17) is 37.9 Å². The normalized spacial score (nSPS) is 30.7. The first kappa shape index (κ1) is 39.6. The minimum atomic E-state index is -0.354. The number of fused-ring (bicyclic) bond motifs is 2. The SMILES string of the molecule is CC1COC(C2CCC(OC(=O)COc3ccc4c(c3-c3c(OCC(=O)OC5CCC(C6OCC(C)CO6)CC5)ccc5c3CCCC5)CCCC4)CC2)OC1. The molecule has 2 aromatic rings. The van der Waals surface area contributed by atoms with E-state index in [2.05, 4.69) is 26.0 Å². The molecule has 4 aliphatic carbocycles. The van der Waals surface area contributed by atoms with Crippen LogP contribution in [-0.4, -0.2) is 76.4 Å². The molecule has 2 heterocycles. The fourth-order valence-corrected chi connectivity index (χ4v) is 9.85. The van der Waals surface area contributed by atoms with Crippen LogP contribution in [0, 0.1) is 23.7 Å². The first-order valence-electron chi connectivity index (χ1n) is 21.8. The summed E-state index contributed by atoms with van der Waals surface area (Å²) in [4.78, 5) is 26.6. The molecular formula is C46H62O10. The highest BCUT2D eigenvalue weighted by atomic mass is 16.7. The summed E-state index contributed by atoms with van der Waals surface area (Å²) in [6, 6.07) is 8.35. The van der Waals surface area contributed by atoms with E-state index in [-0.39, 0.29) is 49.9 Å². The van der Waals surface area contributed by atoms with Gasteiger partial charge >= 0.3 is 11.9 Å². The van der Waals surface area contributed by atoms with Crippen LogP contribution < -0.4 is 9.47 Å². The Morgan fingerprint density at radius 1 is 0.536 bits per heavy atom. The smallest absolute Gasteiger partial charge is 0.344 e. The molecule has 10 nitrogen and oxygen atoms in total. The third kappa shape index (κ3) is 9.57. The minimum Gasteiger partial charge on any atom is -0.481 e. The van der Waals surface area contributed by atoms with Crippen molar-refractivity contribution in [2.75, 3.05) is 39.6 Å². The quantitative estimate of drug-likeness (QED) is 0.208. The maximum Gasteiger partial charge on any atom is 0.344 e. The number of esters is 2. The van der Waals surface area contributed by atoms with E-state index >= 15 is 0 Å². The number of carbonyl (C=O) groups is 2. The third-order valence-corrected chi connectivity index (χ3v) is 12.9. The average Bonchev–Trinajstić information content (AvgIpc) is 3.23. The van der Waals surface area contributed by atoms with E-state index in [0.717, 1.165) is 140 Å². The van der Waals surface area contributed by atoms with E-state index in [1.165, 1.54) is 22.3 Å². The molecule has 0 bridgehead atoms. The molecule has 306 valence electrons. The minimum absolute atomic E-state index is 0.132. The molecule has 2 aliphatic heterocycles. The summed E-state index contributed by atoms with van der Waals surface area (Å²) in [6.45, 7) is 6.89. The fraction of sp³-hybridized carbons (Fsp3) is 0.696. The highest BCUT2D eigenvalue weighted by Gasteiger charge is 2.35. The molecular weight excluding hydrogens is 712 g/mol. The maximum atomic E-state index is 13.3. The number of hydrogen-bond acceptors (Lipinski definition) is 10. The van der Waals surface area contributed by atoms with Crippen LogP contribution in [0.5, 0.6) is 11.5 Å². The molecule has 0 atom stereocenters. The predicted octanol–water partition coefficient (Wildman–Crippen LogP) is 8.09. The first-order chi connectivity index (χ1) is 27.4. The Hall–Kier alpha value is -3.18. The van der Waals surface area contributed by atoms with Crippen molar-refractivity contribution in [3.63, 3.8) is 0 Å². The fourth-order valence-electron chi connectivity index (χ4n) is 9.85. The lowest BCUT2D eigenvalue weighted by Gasteiger charge is -2.36. The third-order valence-electron chi connectivity index (χ3n) is 12.9. The lowest BCUT2D eigenvalue weighted by molar-refractivity contribution is -0.228. The van der Waals surface area contributed by atoms with E-state index in [0.29, 0.717) is 35.2 Å². The molecule has 0 radical (unpaired) electrons. The number of aryl methyl sites for hydroxylation is 2. The Bertz CT molecular complexity index is 1520. The van der Waals surface area contributed by atoms with Crippen LogP contribution in [0.2, 0.25) is 0 Å². The molecule has 2 saturated carbocycles. The second-order valence-electron chi connectivity index (χ2n) is 17.5. The zero-order valence-corrected chi connectivity index (χ0v) is 33.6. The highest BCUT2D eigenvalue weighted by Crippen LogP contribution is 2.47. The maximum absolute atomic E-state index is 13.3. The largest absolute Gasteiger partial charge is 0.481 e. The van der Waals surface area contributed by atoms with E-state index in [1.54, 1.807) is 0 Å². The van der Waals surface area contributed by atoms with Gasteiger partial charge in [-0.05, 0) is 137 Å². The van der Waals surface area contributed by atoms with Gasteiger partial charge in [-0.15, -0.1) is 0 Å². The van der Waals surface area contributed by atoms with Crippen LogP contribution in [0.25, 0.3) is 11.1 Å². The molecule has 6 aliphatic rings. The summed E-state index contributed by atoms with van der Waals surface area (Å²) in [6.07, 6.45) is 14.6. The van der Waals surface area contributed by atoms with Crippen molar-refractivity contribution < 1.29 is 47.5 Å². The second kappa shape index (κ2) is 18.6. The van der Waals surface area contributed by atoms with Gasteiger partial charge in [0.05, 0.1) is 26.4 Å². The molecule has 4 fully saturated rings. The first-order valence-corrected chi connectivity index (χ1v) is 21.8. The molecule has 10 heteroatoms. The summed E-state index contributed by atoms with van der Waals surface area (Å²) in [5, 5.41) is 0. The summed E-state index contributed by atoms with van der Waals surface area (Å²) in [5.41, 5.74) is 7.13. The Kier molecular flexibility index (Phi) is 13.2. The highest BCUT2D eigenvalue weighted by molar-refractivity contribution is 5.84. The summed E-state index contributed by atoms with van der Waals surface area (Å²) >= 11 is 0. The standard InChI is InChI=1S/C46H62O10/c1-29-23-51-45(52-24-29)33-11-17-35(18-12-33)55-41(47)27-49-39-21-15-31-7-3-5-9-37(31)43(39)44-38-10-6-4-8-32(38)16-22-40(44)50-28-42(48)56-36-19-13-34(14-20-36)46-53-25-30(2)26-54-46/h15-16,21-22,29-30,33-36,45-46H,3-14,17-20,23-28H2,1-2H3. The zero-order valence-electron chi connectivity index (χ0n) is 33.6. The van der Waals surface area contributed by atoms with Crippen LogP contribution in [-0.2, 0) is 63.7 Å². The molecule has 0 amide bonds. The molecule has 0 unspecified atom stereocenters. The van der Waals surface area contributed by atoms with Crippen molar-refractivity contribution in [1.82, 2.24) is 0 Å². The molecule has 0 N–H and O–H groups in total. The lowest BCUT2D eigenvalue weighted by Crippen LogP contribution is -2.39. The molecule has 8 rings (SSSR count). The van der Waals surface area contributed by atoms with Crippen molar-refractivity contribution in [2.24, 2.45) is 23.7 Å². The molecule has 2 saturated heterocycles. The van der Waals surface area contributed by atoms with Crippen molar-refractivity contribution in [1.29, 1.82) is 0 Å². The topological polar surface area (TPSA) is 108 Å². The Labute approximate surface area is 332 Å². The van der Waals surface area contributed by atoms with Gasteiger partial charge < -0.3 is 37.9 Å². The average molecular weight is 775 g/mol.